The van der Waals surface area contributed by atoms with Crippen LogP contribution in [0.5, 0.6) is 0 Å². The Balaban J connectivity index is 2.26. The maximum absolute atomic E-state index is 13.2. The number of ether oxygens (including phenoxy) is 2. The van der Waals surface area contributed by atoms with Gasteiger partial charge in [0.15, 0.2) is 20.1 Å². The van der Waals surface area contributed by atoms with Gasteiger partial charge in [-0.2, -0.15) is 8.42 Å². The number of nitrogens with two attached hydrogens (primary N) is 1. The SMILES string of the molecule is Cc1cn([C@@H]2OC(COC(=O)N(C)C)C3(OS(=O)(=O)C=C3N)[C@H]2O[Si](C)(C)C(C)(C)C)c(=O)n(C)c1=O. The maximum Gasteiger partial charge on any atom is 0.409 e. The van der Waals surface area contributed by atoms with Crippen molar-refractivity contribution in [3.05, 3.63) is 43.7 Å². The van der Waals surface area contributed by atoms with E-state index in [2.05, 4.69) is 0 Å². The molecule has 0 saturated carbocycles. The molecule has 1 aromatic heterocycles. The molecule has 1 amide bonds. The van der Waals surface area contributed by atoms with Gasteiger partial charge in [-0.15, -0.1) is 0 Å². The molecule has 1 saturated heterocycles. The van der Waals surface area contributed by atoms with E-state index in [4.69, 9.17) is 23.8 Å². The second-order valence-corrected chi connectivity index (χ2v) is 17.2. The molecule has 208 valence electrons. The molecule has 3 heterocycles. The summed E-state index contributed by atoms with van der Waals surface area (Å²) in [7, 11) is -2.67. The van der Waals surface area contributed by atoms with Crippen LogP contribution in [0.2, 0.25) is 18.1 Å². The predicted octanol–water partition coefficient (Wildman–Crippen LogP) is 0.740. The lowest BCUT2D eigenvalue weighted by atomic mass is 9.89. The summed E-state index contributed by atoms with van der Waals surface area (Å²) in [5.74, 6) is 0. The van der Waals surface area contributed by atoms with Gasteiger partial charge in [-0.25, -0.2) is 13.8 Å². The normalized spacial score (nSPS) is 27.4. The molecular formula is C22H36N4O9SSi. The Morgan fingerprint density at radius 1 is 1.27 bits per heavy atom. The number of rotatable bonds is 5. The average molecular weight is 561 g/mol. The topological polar surface area (TPSA) is 161 Å². The molecule has 2 unspecified atom stereocenters. The Morgan fingerprint density at radius 2 is 1.86 bits per heavy atom. The van der Waals surface area contributed by atoms with Crippen LogP contribution in [0.3, 0.4) is 0 Å². The average Bonchev–Trinajstić information content (AvgIpc) is 3.18. The smallest absolute Gasteiger partial charge is 0.409 e. The van der Waals surface area contributed by atoms with E-state index in [9.17, 15) is 22.8 Å². The van der Waals surface area contributed by atoms with Crippen molar-refractivity contribution >= 4 is 24.5 Å². The lowest BCUT2D eigenvalue weighted by molar-refractivity contribution is -0.0637. The lowest BCUT2D eigenvalue weighted by Crippen LogP contribution is -2.59. The zero-order valence-electron chi connectivity index (χ0n) is 22.6. The Kier molecular flexibility index (Phi) is 7.37. The van der Waals surface area contributed by atoms with Gasteiger partial charge in [-0.05, 0) is 25.1 Å². The third-order valence-electron chi connectivity index (χ3n) is 7.15. The highest BCUT2D eigenvalue weighted by atomic mass is 32.2. The summed E-state index contributed by atoms with van der Waals surface area (Å²) in [4.78, 5) is 39.0. The molecule has 0 aliphatic carbocycles. The van der Waals surface area contributed by atoms with E-state index in [0.717, 1.165) is 14.5 Å². The molecule has 2 aliphatic heterocycles. The second kappa shape index (κ2) is 9.38. The van der Waals surface area contributed by atoms with Crippen LogP contribution >= 0.6 is 0 Å². The number of hydrogen-bond donors (Lipinski definition) is 1. The maximum atomic E-state index is 13.2. The fourth-order valence-electron chi connectivity index (χ4n) is 4.02. The Hall–Kier alpha value is -2.46. The molecule has 2 aliphatic rings. The number of amides is 1. The summed E-state index contributed by atoms with van der Waals surface area (Å²) < 4.78 is 51.2. The summed E-state index contributed by atoms with van der Waals surface area (Å²) in [6.45, 7) is 10.9. The number of nitrogens with zero attached hydrogens (tertiary/aromatic N) is 3. The van der Waals surface area contributed by atoms with Gasteiger partial charge >= 0.3 is 11.8 Å². The molecule has 0 radical (unpaired) electrons. The zero-order valence-corrected chi connectivity index (χ0v) is 24.4. The molecular weight excluding hydrogens is 524 g/mol. The molecule has 15 heteroatoms. The first-order valence-electron chi connectivity index (χ1n) is 11.6. The number of carbonyl (C=O) groups is 1. The molecule has 2 N–H and O–H groups in total. The molecule has 1 aromatic rings. The van der Waals surface area contributed by atoms with Crippen molar-refractivity contribution < 1.29 is 31.3 Å². The van der Waals surface area contributed by atoms with Crippen LogP contribution < -0.4 is 17.0 Å². The third-order valence-corrected chi connectivity index (χ3v) is 12.7. The summed E-state index contributed by atoms with van der Waals surface area (Å²) in [6.07, 6.45) is -3.17. The molecule has 4 atom stereocenters. The van der Waals surface area contributed by atoms with Crippen molar-refractivity contribution in [2.75, 3.05) is 20.7 Å². The number of carbonyl (C=O) groups excluding carboxylic acids is 1. The first-order chi connectivity index (χ1) is 16.7. The third kappa shape index (κ3) is 5.02. The Morgan fingerprint density at radius 3 is 2.35 bits per heavy atom. The van der Waals surface area contributed by atoms with Gasteiger partial charge in [-0.1, -0.05) is 20.8 Å². The quantitative estimate of drug-likeness (QED) is 0.402. The highest BCUT2D eigenvalue weighted by molar-refractivity contribution is 7.90. The minimum Gasteiger partial charge on any atom is -0.447 e. The van der Waals surface area contributed by atoms with Crippen molar-refractivity contribution in [2.24, 2.45) is 12.8 Å². The summed E-state index contributed by atoms with van der Waals surface area (Å²) in [5.41, 5.74) is 3.20. The van der Waals surface area contributed by atoms with Crippen molar-refractivity contribution in [1.29, 1.82) is 0 Å². The number of aryl methyl sites for hydroxylation is 1. The van der Waals surface area contributed by atoms with Gasteiger partial charge in [0.05, 0.1) is 11.1 Å². The summed E-state index contributed by atoms with van der Waals surface area (Å²) in [5, 5.41) is 0.435. The van der Waals surface area contributed by atoms with E-state index in [0.29, 0.717) is 0 Å². The summed E-state index contributed by atoms with van der Waals surface area (Å²) in [6, 6.07) is 0. The minimum absolute atomic E-state index is 0.209. The van der Waals surface area contributed by atoms with Crippen molar-refractivity contribution in [1.82, 2.24) is 14.0 Å². The van der Waals surface area contributed by atoms with Crippen LogP contribution in [0.15, 0.2) is 26.9 Å². The van der Waals surface area contributed by atoms with Gasteiger partial charge in [0, 0.05) is 32.9 Å². The summed E-state index contributed by atoms with van der Waals surface area (Å²) >= 11 is 0. The van der Waals surface area contributed by atoms with Crippen LogP contribution in [-0.2, 0) is 35.2 Å². The molecule has 37 heavy (non-hydrogen) atoms. The molecule has 0 bridgehead atoms. The van der Waals surface area contributed by atoms with Crippen molar-refractivity contribution in [3.63, 3.8) is 0 Å². The van der Waals surface area contributed by atoms with E-state index < -0.39 is 66.4 Å². The highest BCUT2D eigenvalue weighted by Gasteiger charge is 2.67. The molecule has 0 aromatic carbocycles. The van der Waals surface area contributed by atoms with Gasteiger partial charge < -0.3 is 24.5 Å². The first-order valence-corrected chi connectivity index (χ1v) is 16.0. The van der Waals surface area contributed by atoms with E-state index in [1.165, 1.54) is 39.2 Å². The van der Waals surface area contributed by atoms with Gasteiger partial charge in [-0.3, -0.25) is 13.9 Å². The Bertz CT molecular complexity index is 1340. The number of aromatic nitrogens is 2. The number of hydrogen-bond acceptors (Lipinski definition) is 10. The zero-order chi connectivity index (χ0) is 28.3. The van der Waals surface area contributed by atoms with Crippen molar-refractivity contribution in [2.45, 2.75) is 69.9 Å². The van der Waals surface area contributed by atoms with Gasteiger partial charge in [0.2, 0.25) is 0 Å². The largest absolute Gasteiger partial charge is 0.447 e. The Labute approximate surface area is 217 Å². The standard InChI is InChI=1S/C22H36N4O9SSi/c1-13-10-26(19(28)25(7)17(13)27)18-16(34-37(8,9)21(2,3)4)22(14(23)12-36(30,31)35-22)15(33-18)11-32-20(29)24(5)6/h10,12,15-16,18H,11,23H2,1-9H3/t15?,16-,18+,22?/m0/s1. The predicted molar refractivity (Wildman–Crippen MR) is 137 cm³/mol. The van der Waals surface area contributed by atoms with E-state index in [1.807, 2.05) is 33.9 Å². The van der Waals surface area contributed by atoms with E-state index in [-0.39, 0.29) is 16.3 Å². The fraction of sp³-hybridized carbons (Fsp3) is 0.682. The van der Waals surface area contributed by atoms with Crippen LogP contribution in [0.25, 0.3) is 0 Å². The molecule has 13 nitrogen and oxygen atoms in total. The van der Waals surface area contributed by atoms with Crippen LogP contribution in [-0.4, -0.2) is 75.4 Å². The van der Waals surface area contributed by atoms with E-state index >= 15 is 0 Å². The molecule has 1 spiro atoms. The monoisotopic (exact) mass is 560 g/mol. The van der Waals surface area contributed by atoms with E-state index in [1.54, 1.807) is 0 Å². The molecule has 1 fully saturated rings. The van der Waals surface area contributed by atoms with Crippen LogP contribution in [0, 0.1) is 6.92 Å². The first kappa shape index (κ1) is 29.1. The fourth-order valence-corrected chi connectivity index (χ4v) is 6.52. The second-order valence-electron chi connectivity index (χ2n) is 11.1. The highest BCUT2D eigenvalue weighted by Crippen LogP contribution is 2.51. The lowest BCUT2D eigenvalue weighted by Gasteiger charge is -2.43. The van der Waals surface area contributed by atoms with Crippen LogP contribution in [0.4, 0.5) is 4.79 Å². The molecule has 3 rings (SSSR count). The van der Waals surface area contributed by atoms with Gasteiger partial charge in [0.25, 0.3) is 15.7 Å². The van der Waals surface area contributed by atoms with Crippen LogP contribution in [0.1, 0.15) is 32.6 Å². The van der Waals surface area contributed by atoms with Gasteiger partial charge in [0.1, 0.15) is 18.8 Å². The van der Waals surface area contributed by atoms with Crippen molar-refractivity contribution in [3.8, 4) is 0 Å². The minimum atomic E-state index is -4.26.